The molecular formula is C20H22N2O6. The number of carbonyl (C=O) groups excluding carboxylic acids is 4. The van der Waals surface area contributed by atoms with Crippen LogP contribution in [0.1, 0.15) is 38.1 Å². The molecule has 0 heterocycles. The van der Waals surface area contributed by atoms with Gasteiger partial charge in [0.2, 0.25) is 11.8 Å². The zero-order valence-electron chi connectivity index (χ0n) is 16.0. The summed E-state index contributed by atoms with van der Waals surface area (Å²) in [5.41, 5.74) is 1.33. The van der Waals surface area contributed by atoms with Gasteiger partial charge in [0.25, 0.3) is 0 Å². The molecule has 0 atom stereocenters. The van der Waals surface area contributed by atoms with Crippen molar-refractivity contribution >= 4 is 34.9 Å². The highest BCUT2D eigenvalue weighted by Gasteiger charge is 2.07. The zero-order valence-corrected chi connectivity index (χ0v) is 16.0. The highest BCUT2D eigenvalue weighted by atomic mass is 16.5. The van der Waals surface area contributed by atoms with Gasteiger partial charge < -0.3 is 20.5 Å². The maximum absolute atomic E-state index is 11.0. The van der Waals surface area contributed by atoms with E-state index < -0.39 is 0 Å². The monoisotopic (exact) mass is 386 g/mol. The Labute approximate surface area is 162 Å². The molecular weight excluding hydrogens is 364 g/mol. The van der Waals surface area contributed by atoms with E-state index in [-0.39, 0.29) is 34.9 Å². The second kappa shape index (κ2) is 10.5. The number of amides is 2. The fourth-order valence-corrected chi connectivity index (χ4v) is 2.12. The summed E-state index contributed by atoms with van der Waals surface area (Å²) in [5.74, 6) is -0.681. The van der Waals surface area contributed by atoms with E-state index in [1.165, 1.54) is 39.8 Å². The van der Waals surface area contributed by atoms with E-state index >= 15 is 0 Å². The van der Waals surface area contributed by atoms with Crippen molar-refractivity contribution in [3.8, 4) is 11.5 Å². The number of phenolic OH excluding ortho intramolecular Hbond substituents is 1. The molecule has 2 aromatic carbocycles. The molecule has 3 N–H and O–H groups in total. The molecule has 2 amide bonds. The maximum atomic E-state index is 11.0. The van der Waals surface area contributed by atoms with E-state index in [1.54, 1.807) is 30.3 Å². The predicted molar refractivity (Wildman–Crippen MR) is 104 cm³/mol. The van der Waals surface area contributed by atoms with Crippen LogP contribution in [0.25, 0.3) is 0 Å². The van der Waals surface area contributed by atoms with Crippen molar-refractivity contribution in [2.75, 3.05) is 10.6 Å². The van der Waals surface area contributed by atoms with Crippen molar-refractivity contribution in [1.29, 1.82) is 0 Å². The van der Waals surface area contributed by atoms with Gasteiger partial charge >= 0.3 is 5.97 Å². The van der Waals surface area contributed by atoms with Crippen LogP contribution in [0.15, 0.2) is 42.5 Å². The molecule has 148 valence electrons. The minimum absolute atomic E-state index is 0.122. The van der Waals surface area contributed by atoms with E-state index in [0.717, 1.165) is 0 Å². The van der Waals surface area contributed by atoms with E-state index in [9.17, 15) is 24.3 Å². The van der Waals surface area contributed by atoms with Gasteiger partial charge in [-0.05, 0) is 31.2 Å². The minimum atomic E-state index is -0.384. The third-order valence-electron chi connectivity index (χ3n) is 3.11. The fourth-order valence-electron chi connectivity index (χ4n) is 2.12. The smallest absolute Gasteiger partial charge is 0.308 e. The van der Waals surface area contributed by atoms with Gasteiger partial charge in [-0.1, -0.05) is 6.07 Å². The summed E-state index contributed by atoms with van der Waals surface area (Å²) >= 11 is 0. The summed E-state index contributed by atoms with van der Waals surface area (Å²) in [7, 11) is 0. The molecule has 0 aliphatic heterocycles. The van der Waals surface area contributed by atoms with Crippen LogP contribution in [0.5, 0.6) is 11.5 Å². The predicted octanol–water partition coefficient (Wildman–Crippen LogP) is 3.12. The quantitative estimate of drug-likeness (QED) is 0.422. The van der Waals surface area contributed by atoms with Crippen LogP contribution in [0, 0.1) is 0 Å². The van der Waals surface area contributed by atoms with Crippen LogP contribution in [-0.2, 0) is 14.4 Å². The third kappa shape index (κ3) is 8.13. The number of carbonyl (C=O) groups is 4. The molecule has 8 nitrogen and oxygen atoms in total. The molecule has 0 aromatic heterocycles. The topological polar surface area (TPSA) is 122 Å². The summed E-state index contributed by atoms with van der Waals surface area (Å²) in [4.78, 5) is 43.0. The Kier molecular flexibility index (Phi) is 8.36. The molecule has 0 unspecified atom stereocenters. The Hall–Kier alpha value is -3.68. The largest absolute Gasteiger partial charge is 0.507 e. The number of hydrogen-bond acceptors (Lipinski definition) is 6. The summed E-state index contributed by atoms with van der Waals surface area (Å²) in [6.45, 7) is 5.48. The van der Waals surface area contributed by atoms with Crippen molar-refractivity contribution < 1.29 is 29.0 Å². The third-order valence-corrected chi connectivity index (χ3v) is 3.11. The number of rotatable bonds is 4. The SMILES string of the molecule is CC(=O)Nc1ccc(C(C)=O)c(O)c1.CC(=O)Nc1cccc(OC(C)=O)c1. The average Bonchev–Trinajstić information content (AvgIpc) is 2.53. The molecule has 0 saturated carbocycles. The lowest BCUT2D eigenvalue weighted by atomic mass is 10.1. The number of benzene rings is 2. The van der Waals surface area contributed by atoms with Gasteiger partial charge in [-0.15, -0.1) is 0 Å². The summed E-state index contributed by atoms with van der Waals surface area (Å²) in [6, 6.07) is 11.0. The van der Waals surface area contributed by atoms with Crippen molar-refractivity contribution in [2.24, 2.45) is 0 Å². The minimum Gasteiger partial charge on any atom is -0.507 e. The first-order valence-electron chi connectivity index (χ1n) is 8.26. The molecule has 0 saturated heterocycles. The van der Waals surface area contributed by atoms with Crippen molar-refractivity contribution in [1.82, 2.24) is 0 Å². The van der Waals surface area contributed by atoms with Crippen LogP contribution in [-0.4, -0.2) is 28.7 Å². The van der Waals surface area contributed by atoms with Crippen LogP contribution < -0.4 is 15.4 Å². The fraction of sp³-hybridized carbons (Fsp3) is 0.200. The van der Waals surface area contributed by atoms with Gasteiger partial charge in [-0.2, -0.15) is 0 Å². The van der Waals surface area contributed by atoms with Gasteiger partial charge in [0.05, 0.1) is 5.56 Å². The van der Waals surface area contributed by atoms with E-state index in [0.29, 0.717) is 17.1 Å². The molecule has 0 fully saturated rings. The summed E-state index contributed by atoms with van der Waals surface area (Å²) < 4.78 is 4.85. The number of esters is 1. The highest BCUT2D eigenvalue weighted by Crippen LogP contribution is 2.22. The highest BCUT2D eigenvalue weighted by molar-refractivity contribution is 5.98. The molecule has 28 heavy (non-hydrogen) atoms. The molecule has 0 radical (unpaired) electrons. The van der Waals surface area contributed by atoms with Crippen LogP contribution in [0.2, 0.25) is 0 Å². The Morgan fingerprint density at radius 2 is 1.39 bits per heavy atom. The number of hydrogen-bond donors (Lipinski definition) is 3. The number of phenols is 1. The standard InChI is InChI=1S/2C10H11NO3/c1-6(12)9-4-3-8(5-10(9)14)11-7(2)13;1-7(12)11-9-4-3-5-10(6-9)14-8(2)13/h3-5,14H,1-2H3,(H,11,13);3-6H,1-2H3,(H,11,12). The van der Waals surface area contributed by atoms with Gasteiger partial charge in [0.1, 0.15) is 11.5 Å². The lowest BCUT2D eigenvalue weighted by molar-refractivity contribution is -0.131. The number of anilines is 2. The Bertz CT molecular complexity index is 861. The first-order valence-corrected chi connectivity index (χ1v) is 8.26. The van der Waals surface area contributed by atoms with Gasteiger partial charge in [-0.25, -0.2) is 0 Å². The average molecular weight is 386 g/mol. The second-order valence-electron chi connectivity index (χ2n) is 5.77. The molecule has 0 aliphatic carbocycles. The van der Waals surface area contributed by atoms with Gasteiger partial charge in [0.15, 0.2) is 5.78 Å². The summed E-state index contributed by atoms with van der Waals surface area (Å²) in [6.07, 6.45) is 0. The summed E-state index contributed by atoms with van der Waals surface area (Å²) in [5, 5.41) is 14.5. The molecule has 2 rings (SSSR count). The van der Waals surface area contributed by atoms with Crippen LogP contribution in [0.4, 0.5) is 11.4 Å². The van der Waals surface area contributed by atoms with Crippen LogP contribution >= 0.6 is 0 Å². The van der Waals surface area contributed by atoms with Gasteiger partial charge in [-0.3, -0.25) is 19.2 Å². The lowest BCUT2D eigenvalue weighted by Crippen LogP contribution is -2.06. The number of aromatic hydroxyl groups is 1. The number of Topliss-reactive ketones (excluding diaryl/α,β-unsaturated/α-hetero) is 1. The molecule has 0 bridgehead atoms. The van der Waals surface area contributed by atoms with Gasteiger partial charge in [0, 0.05) is 44.3 Å². The normalized spacial score (nSPS) is 9.43. The Morgan fingerprint density at radius 1 is 0.821 bits per heavy atom. The second-order valence-corrected chi connectivity index (χ2v) is 5.77. The number of ketones is 1. The van der Waals surface area contributed by atoms with Crippen molar-refractivity contribution in [3.05, 3.63) is 48.0 Å². The number of ether oxygens (including phenoxy) is 1. The molecule has 0 spiro atoms. The molecule has 2 aromatic rings. The van der Waals surface area contributed by atoms with E-state index in [4.69, 9.17) is 4.74 Å². The van der Waals surface area contributed by atoms with E-state index in [2.05, 4.69) is 10.6 Å². The molecule has 8 heteroatoms. The van der Waals surface area contributed by atoms with Crippen molar-refractivity contribution in [2.45, 2.75) is 27.7 Å². The Balaban J connectivity index is 0.000000280. The first kappa shape index (κ1) is 22.4. The van der Waals surface area contributed by atoms with Crippen molar-refractivity contribution in [3.63, 3.8) is 0 Å². The first-order chi connectivity index (χ1) is 13.1. The maximum Gasteiger partial charge on any atom is 0.308 e. The van der Waals surface area contributed by atoms with Crippen LogP contribution in [0.3, 0.4) is 0 Å². The Morgan fingerprint density at radius 3 is 1.86 bits per heavy atom. The van der Waals surface area contributed by atoms with E-state index in [1.807, 2.05) is 0 Å². The molecule has 0 aliphatic rings. The number of nitrogens with one attached hydrogen (secondary N) is 2. The zero-order chi connectivity index (χ0) is 21.3. The lowest BCUT2D eigenvalue weighted by Gasteiger charge is -2.04.